The van der Waals surface area contributed by atoms with Gasteiger partial charge >= 0.3 is 0 Å². The predicted octanol–water partition coefficient (Wildman–Crippen LogP) is 1.76. The summed E-state index contributed by atoms with van der Waals surface area (Å²) in [6.45, 7) is 0. The van der Waals surface area contributed by atoms with Crippen molar-refractivity contribution in [3.05, 3.63) is 12.5 Å². The standard InChI is InChI=1S/C14H19F2N5/c15-14(16)5-9-3-12(4-10(6-14)19-9)21(11-1-2-11)13-7-17-8-18-20-13/h7-12,19H,1-6H2/t9-,10+,12?. The van der Waals surface area contributed by atoms with Crippen LogP contribution in [0.5, 0.6) is 0 Å². The highest BCUT2D eigenvalue weighted by Gasteiger charge is 2.47. The molecule has 21 heavy (non-hydrogen) atoms. The van der Waals surface area contributed by atoms with Gasteiger partial charge in [0.25, 0.3) is 5.92 Å². The maximum atomic E-state index is 13.7. The van der Waals surface area contributed by atoms with E-state index < -0.39 is 5.92 Å². The van der Waals surface area contributed by atoms with Crippen LogP contribution in [-0.4, -0.2) is 45.3 Å². The zero-order valence-electron chi connectivity index (χ0n) is 11.8. The first-order valence-electron chi connectivity index (χ1n) is 7.66. The molecule has 2 saturated heterocycles. The molecule has 1 aromatic rings. The Kier molecular flexibility index (Phi) is 3.06. The lowest BCUT2D eigenvalue weighted by Gasteiger charge is -2.47. The Hall–Kier alpha value is -1.37. The smallest absolute Gasteiger partial charge is 0.251 e. The zero-order valence-corrected chi connectivity index (χ0v) is 11.8. The summed E-state index contributed by atoms with van der Waals surface area (Å²) in [5.74, 6) is -1.72. The highest BCUT2D eigenvalue weighted by molar-refractivity contribution is 5.40. The van der Waals surface area contributed by atoms with Gasteiger partial charge < -0.3 is 10.2 Å². The fourth-order valence-electron chi connectivity index (χ4n) is 3.92. The highest BCUT2D eigenvalue weighted by atomic mass is 19.3. The van der Waals surface area contributed by atoms with Crippen LogP contribution in [0.15, 0.2) is 12.5 Å². The molecule has 7 heteroatoms. The topological polar surface area (TPSA) is 53.9 Å². The van der Waals surface area contributed by atoms with Gasteiger partial charge in [0.2, 0.25) is 0 Å². The third-order valence-corrected chi connectivity index (χ3v) is 4.74. The van der Waals surface area contributed by atoms with Gasteiger partial charge in [0.15, 0.2) is 5.82 Å². The Balaban J connectivity index is 1.55. The lowest BCUT2D eigenvalue weighted by atomic mass is 9.81. The van der Waals surface area contributed by atoms with Gasteiger partial charge in [-0.2, -0.15) is 0 Å². The number of alkyl halides is 2. The minimum Gasteiger partial charge on any atom is -0.348 e. The van der Waals surface area contributed by atoms with Crippen molar-refractivity contribution < 1.29 is 8.78 Å². The summed E-state index contributed by atoms with van der Waals surface area (Å²) >= 11 is 0. The second kappa shape index (κ2) is 4.83. The number of anilines is 1. The molecule has 0 radical (unpaired) electrons. The van der Waals surface area contributed by atoms with Gasteiger partial charge in [0, 0.05) is 37.0 Å². The molecule has 3 fully saturated rings. The first-order chi connectivity index (χ1) is 10.1. The molecule has 2 aliphatic heterocycles. The molecular formula is C14H19F2N5. The molecule has 0 spiro atoms. The Bertz CT molecular complexity index is 491. The second-order valence-electron chi connectivity index (χ2n) is 6.56. The van der Waals surface area contributed by atoms with E-state index in [1.165, 1.54) is 6.33 Å². The van der Waals surface area contributed by atoms with E-state index in [-0.39, 0.29) is 31.0 Å². The van der Waals surface area contributed by atoms with Gasteiger partial charge in [-0.3, -0.25) is 0 Å². The van der Waals surface area contributed by atoms with E-state index in [0.29, 0.717) is 6.04 Å². The molecule has 114 valence electrons. The Morgan fingerprint density at radius 1 is 1.14 bits per heavy atom. The molecule has 0 amide bonds. The maximum absolute atomic E-state index is 13.7. The average molecular weight is 295 g/mol. The minimum absolute atomic E-state index is 0.0444. The molecule has 1 saturated carbocycles. The van der Waals surface area contributed by atoms with Gasteiger partial charge in [-0.25, -0.2) is 13.8 Å². The third-order valence-electron chi connectivity index (χ3n) is 4.74. The number of rotatable bonds is 3. The molecule has 2 bridgehead atoms. The monoisotopic (exact) mass is 295 g/mol. The van der Waals surface area contributed by atoms with Crippen LogP contribution >= 0.6 is 0 Å². The van der Waals surface area contributed by atoms with Crippen LogP contribution in [0.4, 0.5) is 14.6 Å². The average Bonchev–Trinajstić information content (AvgIpc) is 3.22. The molecule has 4 rings (SSSR count). The largest absolute Gasteiger partial charge is 0.348 e. The lowest BCUT2D eigenvalue weighted by molar-refractivity contribution is -0.0671. The van der Waals surface area contributed by atoms with Crippen molar-refractivity contribution in [2.75, 3.05) is 4.90 Å². The Morgan fingerprint density at radius 3 is 2.43 bits per heavy atom. The number of hydrogen-bond acceptors (Lipinski definition) is 5. The number of hydrogen-bond donors (Lipinski definition) is 1. The molecule has 5 nitrogen and oxygen atoms in total. The van der Waals surface area contributed by atoms with Crippen LogP contribution in [-0.2, 0) is 0 Å². The van der Waals surface area contributed by atoms with Crippen molar-refractivity contribution in [2.24, 2.45) is 0 Å². The van der Waals surface area contributed by atoms with Gasteiger partial charge in [-0.1, -0.05) is 0 Å². The van der Waals surface area contributed by atoms with Crippen LogP contribution in [0.3, 0.4) is 0 Å². The zero-order chi connectivity index (χ0) is 14.4. The normalized spacial score (nSPS) is 34.5. The molecule has 1 N–H and O–H groups in total. The van der Waals surface area contributed by atoms with E-state index >= 15 is 0 Å². The molecule has 3 aliphatic rings. The van der Waals surface area contributed by atoms with Gasteiger partial charge in [0.1, 0.15) is 6.33 Å². The van der Waals surface area contributed by atoms with E-state index in [9.17, 15) is 8.78 Å². The fourth-order valence-corrected chi connectivity index (χ4v) is 3.92. The van der Waals surface area contributed by atoms with Gasteiger partial charge in [-0.15, -0.1) is 10.2 Å². The molecule has 1 aromatic heterocycles. The van der Waals surface area contributed by atoms with Crippen LogP contribution in [0.2, 0.25) is 0 Å². The number of fused-ring (bicyclic) bond motifs is 2. The number of nitrogens with zero attached hydrogens (tertiary/aromatic N) is 4. The van der Waals surface area contributed by atoms with Crippen LogP contribution < -0.4 is 10.2 Å². The number of piperidine rings is 2. The fraction of sp³-hybridized carbons (Fsp3) is 0.786. The van der Waals surface area contributed by atoms with Crippen molar-refractivity contribution in [3.8, 4) is 0 Å². The molecule has 1 aliphatic carbocycles. The minimum atomic E-state index is -2.51. The Labute approximate surface area is 122 Å². The summed E-state index contributed by atoms with van der Waals surface area (Å²) in [5.41, 5.74) is 0. The number of aromatic nitrogens is 3. The molecule has 1 unspecified atom stereocenters. The summed E-state index contributed by atoms with van der Waals surface area (Å²) in [4.78, 5) is 6.34. The molecule has 3 atom stereocenters. The Morgan fingerprint density at radius 2 is 1.86 bits per heavy atom. The van der Waals surface area contributed by atoms with Crippen LogP contribution in [0.25, 0.3) is 0 Å². The predicted molar refractivity (Wildman–Crippen MR) is 73.2 cm³/mol. The third kappa shape index (κ3) is 2.71. The SMILES string of the molecule is FC1(F)C[C@H]2CC(N(c3cncnn3)C3CC3)C[C@@H](C1)N2. The summed E-state index contributed by atoms with van der Waals surface area (Å²) in [6, 6.07) is 0.558. The van der Waals surface area contributed by atoms with E-state index in [4.69, 9.17) is 0 Å². The molecular weight excluding hydrogens is 276 g/mol. The van der Waals surface area contributed by atoms with E-state index in [1.54, 1.807) is 6.20 Å². The lowest BCUT2D eigenvalue weighted by Crippen LogP contribution is -2.59. The molecule has 3 heterocycles. The maximum Gasteiger partial charge on any atom is 0.251 e. The first-order valence-corrected chi connectivity index (χ1v) is 7.66. The number of nitrogens with one attached hydrogen (secondary N) is 1. The highest BCUT2D eigenvalue weighted by Crippen LogP contribution is 2.41. The van der Waals surface area contributed by atoms with Crippen molar-refractivity contribution in [1.29, 1.82) is 0 Å². The van der Waals surface area contributed by atoms with E-state index in [2.05, 4.69) is 25.4 Å². The van der Waals surface area contributed by atoms with Crippen molar-refractivity contribution in [3.63, 3.8) is 0 Å². The van der Waals surface area contributed by atoms with Crippen LogP contribution in [0.1, 0.15) is 38.5 Å². The summed E-state index contributed by atoms with van der Waals surface area (Å²) in [7, 11) is 0. The van der Waals surface area contributed by atoms with E-state index in [0.717, 1.165) is 31.5 Å². The summed E-state index contributed by atoms with van der Waals surface area (Å²) < 4.78 is 27.3. The van der Waals surface area contributed by atoms with Crippen molar-refractivity contribution >= 4 is 5.82 Å². The van der Waals surface area contributed by atoms with Gasteiger partial charge in [-0.05, 0) is 25.7 Å². The van der Waals surface area contributed by atoms with Gasteiger partial charge in [0.05, 0.1) is 6.20 Å². The molecule has 0 aromatic carbocycles. The summed E-state index contributed by atoms with van der Waals surface area (Å²) in [5, 5.41) is 11.4. The van der Waals surface area contributed by atoms with Crippen LogP contribution in [0, 0.1) is 0 Å². The van der Waals surface area contributed by atoms with Crippen molar-refractivity contribution in [1.82, 2.24) is 20.5 Å². The quantitative estimate of drug-likeness (QED) is 0.921. The summed E-state index contributed by atoms with van der Waals surface area (Å²) in [6.07, 6.45) is 6.86. The van der Waals surface area contributed by atoms with E-state index in [1.807, 2.05) is 0 Å². The number of halogens is 2. The first kappa shape index (κ1) is 13.3. The van der Waals surface area contributed by atoms with Crippen molar-refractivity contribution in [2.45, 2.75) is 68.6 Å². The second-order valence-corrected chi connectivity index (χ2v) is 6.56.